The second-order valence-electron chi connectivity index (χ2n) is 6.20. The number of H-pyrrole nitrogens is 1. The number of rotatable bonds is 3. The van der Waals surface area contributed by atoms with Gasteiger partial charge in [0.1, 0.15) is 5.69 Å². The number of fused-ring (bicyclic) bond motifs is 4. The summed E-state index contributed by atoms with van der Waals surface area (Å²) in [4.78, 5) is 26.2. The zero-order valence-electron chi connectivity index (χ0n) is 12.4. The van der Waals surface area contributed by atoms with E-state index in [9.17, 15) is 9.70 Å². The van der Waals surface area contributed by atoms with Crippen molar-refractivity contribution in [3.05, 3.63) is 27.2 Å². The van der Waals surface area contributed by atoms with Crippen LogP contribution in [0.25, 0.3) is 10.9 Å². The normalized spacial score (nSPS) is 26.4. The van der Waals surface area contributed by atoms with Crippen LogP contribution in [-0.2, 0) is 0 Å². The first-order valence-corrected chi connectivity index (χ1v) is 8.50. The average Bonchev–Trinajstić information content (AvgIpc) is 3.00. The molecule has 3 aliphatic rings. The van der Waals surface area contributed by atoms with Crippen LogP contribution < -0.4 is 5.32 Å². The van der Waals surface area contributed by atoms with Gasteiger partial charge >= 0.3 is 0 Å². The third-order valence-electron chi connectivity index (χ3n) is 4.93. The number of nitrogens with one attached hydrogen (secondary N) is 2. The van der Waals surface area contributed by atoms with Crippen molar-refractivity contribution in [2.75, 3.05) is 19.6 Å². The standard InChI is InChI=1S/C15H16BrN5O2/c16-9-1-2-10-12(13(9)20-23)14(19-18-10)15(22)17-11-7-21-5-3-8(11)4-6-21/h1-2,8,11H,3-7H2,(H,17,22)(H,18,19)/t11-/m1/s1. The zero-order chi connectivity index (χ0) is 16.0. The Kier molecular flexibility index (Phi) is 3.65. The minimum atomic E-state index is -0.252. The highest BCUT2D eigenvalue weighted by atomic mass is 79.9. The number of halogens is 1. The lowest BCUT2D eigenvalue weighted by molar-refractivity contribution is 0.0618. The lowest BCUT2D eigenvalue weighted by atomic mass is 9.84. The van der Waals surface area contributed by atoms with Crippen LogP contribution in [0.3, 0.4) is 0 Å². The Hall–Kier alpha value is -1.80. The molecule has 8 heteroatoms. The first-order valence-electron chi connectivity index (χ1n) is 7.70. The monoisotopic (exact) mass is 377 g/mol. The first kappa shape index (κ1) is 14.8. The molecule has 0 spiro atoms. The van der Waals surface area contributed by atoms with Gasteiger partial charge in [0.25, 0.3) is 5.91 Å². The van der Waals surface area contributed by atoms with Crippen molar-refractivity contribution in [3.63, 3.8) is 0 Å². The van der Waals surface area contributed by atoms with Gasteiger partial charge in [-0.2, -0.15) is 5.10 Å². The van der Waals surface area contributed by atoms with Gasteiger partial charge in [0, 0.05) is 17.1 Å². The molecule has 1 atom stereocenters. The van der Waals surface area contributed by atoms with Gasteiger partial charge < -0.3 is 10.2 Å². The fourth-order valence-corrected chi connectivity index (χ4v) is 4.09. The summed E-state index contributed by atoms with van der Waals surface area (Å²) in [6, 6.07) is 3.63. The summed E-state index contributed by atoms with van der Waals surface area (Å²) in [5.41, 5.74) is 1.06. The molecule has 1 aromatic carbocycles. The number of hydrogen-bond donors (Lipinski definition) is 2. The molecule has 3 saturated heterocycles. The maximum atomic E-state index is 12.7. The van der Waals surface area contributed by atoms with Crippen LogP contribution in [0.4, 0.5) is 5.69 Å². The van der Waals surface area contributed by atoms with Gasteiger partial charge in [0.05, 0.1) is 10.9 Å². The number of hydrogen-bond acceptors (Lipinski definition) is 5. The van der Waals surface area contributed by atoms with E-state index < -0.39 is 0 Å². The van der Waals surface area contributed by atoms with Crippen LogP contribution in [0.1, 0.15) is 23.3 Å². The molecule has 1 aromatic heterocycles. The highest BCUT2D eigenvalue weighted by Crippen LogP contribution is 2.35. The van der Waals surface area contributed by atoms with Crippen molar-refractivity contribution >= 4 is 38.4 Å². The summed E-state index contributed by atoms with van der Waals surface area (Å²) < 4.78 is 0.554. The van der Waals surface area contributed by atoms with E-state index >= 15 is 0 Å². The first-order chi connectivity index (χ1) is 11.2. The number of amides is 1. The van der Waals surface area contributed by atoms with Gasteiger partial charge in [-0.05, 0) is 65.1 Å². The number of benzene rings is 1. The van der Waals surface area contributed by atoms with E-state index in [2.05, 4.69) is 41.5 Å². The van der Waals surface area contributed by atoms with E-state index in [1.165, 1.54) is 0 Å². The van der Waals surface area contributed by atoms with E-state index in [-0.39, 0.29) is 23.3 Å². The number of nitroso groups, excluding NO2 is 1. The van der Waals surface area contributed by atoms with E-state index in [4.69, 9.17) is 0 Å². The number of carbonyl (C=O) groups excluding carboxylic acids is 1. The van der Waals surface area contributed by atoms with Crippen LogP contribution in [0.2, 0.25) is 0 Å². The van der Waals surface area contributed by atoms with E-state index in [0.29, 0.717) is 21.3 Å². The van der Waals surface area contributed by atoms with Crippen molar-refractivity contribution in [2.24, 2.45) is 11.1 Å². The molecule has 5 rings (SSSR count). The lowest BCUT2D eigenvalue weighted by Crippen LogP contribution is -2.57. The highest BCUT2D eigenvalue weighted by molar-refractivity contribution is 9.10. The average molecular weight is 378 g/mol. The number of aromatic amines is 1. The molecular formula is C15H16BrN5O2. The van der Waals surface area contributed by atoms with Crippen LogP contribution >= 0.6 is 15.9 Å². The van der Waals surface area contributed by atoms with Gasteiger partial charge in [0.15, 0.2) is 5.69 Å². The van der Waals surface area contributed by atoms with Gasteiger partial charge in [0.2, 0.25) is 0 Å². The molecule has 23 heavy (non-hydrogen) atoms. The van der Waals surface area contributed by atoms with Gasteiger partial charge in [-0.1, -0.05) is 0 Å². The third kappa shape index (κ3) is 2.46. The van der Waals surface area contributed by atoms with E-state index in [1.807, 2.05) is 0 Å². The Bertz CT molecular complexity index is 782. The Morgan fingerprint density at radius 2 is 2.17 bits per heavy atom. The second-order valence-corrected chi connectivity index (χ2v) is 7.05. The number of nitrogens with zero attached hydrogens (tertiary/aromatic N) is 3. The smallest absolute Gasteiger partial charge is 0.272 e. The van der Waals surface area contributed by atoms with Crippen molar-refractivity contribution < 1.29 is 4.79 Å². The molecule has 2 aromatic rings. The molecule has 3 fully saturated rings. The molecule has 0 unspecified atom stereocenters. The highest BCUT2D eigenvalue weighted by Gasteiger charge is 2.35. The molecule has 4 heterocycles. The molecule has 7 nitrogen and oxygen atoms in total. The molecule has 3 aliphatic heterocycles. The fourth-order valence-electron chi connectivity index (χ4n) is 3.69. The molecule has 1 amide bonds. The Labute approximate surface area is 140 Å². The maximum absolute atomic E-state index is 12.7. The quantitative estimate of drug-likeness (QED) is 0.804. The molecule has 2 N–H and O–H groups in total. The summed E-state index contributed by atoms with van der Waals surface area (Å²) in [6.07, 6.45) is 2.25. The van der Waals surface area contributed by atoms with Crippen LogP contribution in [0.15, 0.2) is 21.8 Å². The summed E-state index contributed by atoms with van der Waals surface area (Å²) >= 11 is 3.30. The number of aromatic nitrogens is 2. The number of piperidine rings is 3. The predicted octanol–water partition coefficient (Wildman–Crippen LogP) is 2.55. The molecular weight excluding hydrogens is 362 g/mol. The largest absolute Gasteiger partial charge is 0.346 e. The van der Waals surface area contributed by atoms with Gasteiger partial charge in [-0.15, -0.1) is 4.91 Å². The summed E-state index contributed by atoms with van der Waals surface area (Å²) in [5, 5.41) is 13.5. The second kappa shape index (κ2) is 5.68. The fraction of sp³-hybridized carbons (Fsp3) is 0.467. The van der Waals surface area contributed by atoms with Crippen molar-refractivity contribution in [2.45, 2.75) is 18.9 Å². The topological polar surface area (TPSA) is 90.5 Å². The third-order valence-corrected chi connectivity index (χ3v) is 5.57. The summed E-state index contributed by atoms with van der Waals surface area (Å²) in [5.74, 6) is 0.280. The summed E-state index contributed by atoms with van der Waals surface area (Å²) in [7, 11) is 0. The zero-order valence-corrected chi connectivity index (χ0v) is 14.0. The van der Waals surface area contributed by atoms with E-state index in [0.717, 1.165) is 32.5 Å². The SMILES string of the molecule is O=Nc1c(Br)ccc2[nH]nc(C(=O)N[C@@H]3CN4CCC3CC4)c12. The van der Waals surface area contributed by atoms with Gasteiger partial charge in [-0.3, -0.25) is 9.89 Å². The van der Waals surface area contributed by atoms with Crippen LogP contribution in [-0.4, -0.2) is 46.7 Å². The predicted molar refractivity (Wildman–Crippen MR) is 89.7 cm³/mol. The van der Waals surface area contributed by atoms with E-state index in [1.54, 1.807) is 12.1 Å². The number of carbonyl (C=O) groups is 1. The Balaban J connectivity index is 1.65. The van der Waals surface area contributed by atoms with Crippen molar-refractivity contribution in [1.82, 2.24) is 20.4 Å². The maximum Gasteiger partial charge on any atom is 0.272 e. The molecule has 0 aliphatic carbocycles. The van der Waals surface area contributed by atoms with Crippen molar-refractivity contribution in [3.8, 4) is 0 Å². The minimum absolute atomic E-state index is 0.150. The minimum Gasteiger partial charge on any atom is -0.346 e. The Morgan fingerprint density at radius 1 is 1.39 bits per heavy atom. The lowest BCUT2D eigenvalue weighted by Gasteiger charge is -2.44. The molecule has 0 radical (unpaired) electrons. The summed E-state index contributed by atoms with van der Waals surface area (Å²) in [6.45, 7) is 3.13. The van der Waals surface area contributed by atoms with Crippen LogP contribution in [0.5, 0.6) is 0 Å². The molecule has 120 valence electrons. The van der Waals surface area contributed by atoms with Crippen molar-refractivity contribution in [1.29, 1.82) is 0 Å². The molecule has 2 bridgehead atoms. The van der Waals surface area contributed by atoms with Crippen LogP contribution in [0, 0.1) is 10.8 Å². The molecule has 0 saturated carbocycles. The Morgan fingerprint density at radius 3 is 2.83 bits per heavy atom. The van der Waals surface area contributed by atoms with Gasteiger partial charge in [-0.25, -0.2) is 0 Å².